The third kappa shape index (κ3) is 5.56. The van der Waals surface area contributed by atoms with Crippen LogP contribution in [0.4, 0.5) is 10.5 Å². The standard InChI is InChI=1S/C21H25Cl2N3O2.ClH/c1-24(2)8-9-26(21(27)28)16-6-4-14(5-7-16)18-12-25(3)13-19-17(18)10-15(22)11-20(19)23;/h4-7,10-11,18H,8-9,12-13H2,1-3H3,(H,27,28);1H. The molecule has 158 valence electrons. The molecule has 3 rings (SSSR count). The molecule has 29 heavy (non-hydrogen) atoms. The average Bonchev–Trinajstić information content (AvgIpc) is 2.62. The fraction of sp³-hybridized carbons (Fsp3) is 0.381. The summed E-state index contributed by atoms with van der Waals surface area (Å²) in [6, 6.07) is 11.5. The average molecular weight is 459 g/mol. The zero-order chi connectivity index (χ0) is 20.4. The molecule has 8 heteroatoms. The van der Waals surface area contributed by atoms with Crippen molar-refractivity contribution in [1.82, 2.24) is 9.80 Å². The van der Waals surface area contributed by atoms with Gasteiger partial charge in [-0.15, -0.1) is 12.4 Å². The number of hydrogen-bond acceptors (Lipinski definition) is 3. The molecule has 0 spiro atoms. The van der Waals surface area contributed by atoms with Crippen molar-refractivity contribution >= 4 is 47.4 Å². The van der Waals surface area contributed by atoms with Crippen molar-refractivity contribution < 1.29 is 9.90 Å². The third-order valence-electron chi connectivity index (χ3n) is 5.10. The maximum absolute atomic E-state index is 11.7. The molecule has 5 nitrogen and oxygen atoms in total. The summed E-state index contributed by atoms with van der Waals surface area (Å²) in [7, 11) is 5.93. The van der Waals surface area contributed by atoms with E-state index < -0.39 is 6.09 Å². The summed E-state index contributed by atoms with van der Waals surface area (Å²) in [6.07, 6.45) is -0.948. The maximum atomic E-state index is 11.7. The van der Waals surface area contributed by atoms with E-state index in [0.717, 1.165) is 29.8 Å². The van der Waals surface area contributed by atoms with Crippen molar-refractivity contribution in [2.75, 3.05) is 45.7 Å². The molecule has 0 bridgehead atoms. The Morgan fingerprint density at radius 3 is 2.41 bits per heavy atom. The van der Waals surface area contributed by atoms with Crippen molar-refractivity contribution in [3.8, 4) is 0 Å². The molecule has 0 saturated heterocycles. The highest BCUT2D eigenvalue weighted by atomic mass is 35.5. The number of halogens is 3. The fourth-order valence-corrected chi connectivity index (χ4v) is 4.22. The minimum Gasteiger partial charge on any atom is -0.465 e. The third-order valence-corrected chi connectivity index (χ3v) is 5.66. The minimum atomic E-state index is -0.948. The van der Waals surface area contributed by atoms with Crippen molar-refractivity contribution in [3.63, 3.8) is 0 Å². The van der Waals surface area contributed by atoms with Gasteiger partial charge in [0.15, 0.2) is 0 Å². The lowest BCUT2D eigenvalue weighted by Crippen LogP contribution is -2.35. The van der Waals surface area contributed by atoms with E-state index in [1.54, 1.807) is 6.07 Å². The number of fused-ring (bicyclic) bond motifs is 1. The summed E-state index contributed by atoms with van der Waals surface area (Å²) < 4.78 is 0. The second-order valence-corrected chi connectivity index (χ2v) is 8.38. The van der Waals surface area contributed by atoms with Gasteiger partial charge in [0.1, 0.15) is 0 Å². The number of hydrogen-bond donors (Lipinski definition) is 1. The van der Waals surface area contributed by atoms with Crippen LogP contribution in [0.1, 0.15) is 22.6 Å². The molecule has 0 fully saturated rings. The zero-order valence-electron chi connectivity index (χ0n) is 16.7. The number of rotatable bonds is 5. The van der Waals surface area contributed by atoms with Crippen LogP contribution >= 0.6 is 35.6 Å². The van der Waals surface area contributed by atoms with Gasteiger partial charge in [-0.3, -0.25) is 4.90 Å². The number of carbonyl (C=O) groups is 1. The molecular formula is C21H26Cl3N3O2. The summed E-state index contributed by atoms with van der Waals surface area (Å²) in [5.41, 5.74) is 4.04. The molecular weight excluding hydrogens is 433 g/mol. The van der Waals surface area contributed by atoms with Crippen molar-refractivity contribution in [2.24, 2.45) is 0 Å². The Labute approximate surface area is 188 Å². The highest BCUT2D eigenvalue weighted by Gasteiger charge is 2.27. The predicted octanol–water partition coefficient (Wildman–Crippen LogP) is 5.04. The molecule has 1 unspecified atom stereocenters. The normalized spacial score (nSPS) is 16.3. The van der Waals surface area contributed by atoms with Crippen LogP contribution in [0, 0.1) is 0 Å². The quantitative estimate of drug-likeness (QED) is 0.682. The molecule has 1 amide bonds. The topological polar surface area (TPSA) is 47.0 Å². The summed E-state index contributed by atoms with van der Waals surface area (Å²) in [4.78, 5) is 17.2. The SMILES string of the molecule is CN(C)CCN(C(=O)O)c1ccc(C2CN(C)Cc3c(Cl)cc(Cl)cc32)cc1.Cl. The van der Waals surface area contributed by atoms with Gasteiger partial charge in [-0.25, -0.2) is 4.79 Å². The van der Waals surface area contributed by atoms with E-state index in [9.17, 15) is 9.90 Å². The molecule has 1 aliphatic heterocycles. The molecule has 0 aliphatic carbocycles. The van der Waals surface area contributed by atoms with E-state index in [2.05, 4.69) is 11.9 Å². The van der Waals surface area contributed by atoms with Gasteiger partial charge in [0.25, 0.3) is 0 Å². The number of amides is 1. The molecule has 0 saturated carbocycles. The van der Waals surface area contributed by atoms with Gasteiger partial charge in [0, 0.05) is 47.8 Å². The monoisotopic (exact) mass is 457 g/mol. The first-order valence-electron chi connectivity index (χ1n) is 9.17. The van der Waals surface area contributed by atoms with Crippen molar-refractivity contribution in [1.29, 1.82) is 0 Å². The molecule has 1 aliphatic rings. The Hall–Kier alpha value is -1.50. The molecule has 2 aromatic rings. The highest BCUT2D eigenvalue weighted by molar-refractivity contribution is 6.35. The Kier molecular flexibility index (Phi) is 8.20. The van der Waals surface area contributed by atoms with Crippen LogP contribution in [0.25, 0.3) is 0 Å². The first-order chi connectivity index (χ1) is 13.3. The summed E-state index contributed by atoms with van der Waals surface area (Å²) >= 11 is 12.7. The van der Waals surface area contributed by atoms with Gasteiger partial charge in [0.05, 0.1) is 0 Å². The number of carboxylic acid groups (broad SMARTS) is 1. The minimum absolute atomic E-state index is 0. The number of nitrogens with zero attached hydrogens (tertiary/aromatic N) is 3. The van der Waals surface area contributed by atoms with Crippen LogP contribution < -0.4 is 4.90 Å². The lowest BCUT2D eigenvalue weighted by Gasteiger charge is -2.33. The number of benzene rings is 2. The van der Waals surface area contributed by atoms with Gasteiger partial charge < -0.3 is 14.9 Å². The molecule has 2 aromatic carbocycles. The fourth-order valence-electron chi connectivity index (χ4n) is 3.65. The van der Waals surface area contributed by atoms with Crippen molar-refractivity contribution in [3.05, 3.63) is 63.1 Å². The van der Waals surface area contributed by atoms with Crippen LogP contribution in [0.2, 0.25) is 10.0 Å². The van der Waals surface area contributed by atoms with E-state index in [1.807, 2.05) is 49.3 Å². The number of anilines is 1. The van der Waals surface area contributed by atoms with Crippen molar-refractivity contribution in [2.45, 2.75) is 12.5 Å². The Balaban J connectivity index is 0.00000300. The van der Waals surface area contributed by atoms with Crippen LogP contribution in [-0.4, -0.2) is 61.8 Å². The molecule has 0 aromatic heterocycles. The van der Waals surface area contributed by atoms with E-state index in [0.29, 0.717) is 28.8 Å². The second kappa shape index (κ2) is 10.0. The maximum Gasteiger partial charge on any atom is 0.411 e. The van der Waals surface area contributed by atoms with Gasteiger partial charge >= 0.3 is 6.09 Å². The van der Waals surface area contributed by atoms with E-state index in [1.165, 1.54) is 4.90 Å². The molecule has 1 heterocycles. The first-order valence-corrected chi connectivity index (χ1v) is 9.93. The smallest absolute Gasteiger partial charge is 0.411 e. The zero-order valence-corrected chi connectivity index (χ0v) is 19.1. The summed E-state index contributed by atoms with van der Waals surface area (Å²) in [6.45, 7) is 2.72. The van der Waals surface area contributed by atoms with E-state index in [-0.39, 0.29) is 18.3 Å². The Bertz CT molecular complexity index is 859. The van der Waals surface area contributed by atoms with Crippen LogP contribution in [-0.2, 0) is 6.54 Å². The van der Waals surface area contributed by atoms with E-state index >= 15 is 0 Å². The number of likely N-dealkylation sites (N-methyl/N-ethyl adjacent to an activating group) is 2. The summed E-state index contributed by atoms with van der Waals surface area (Å²) in [5, 5.41) is 10.9. The van der Waals surface area contributed by atoms with Gasteiger partial charge in [-0.05, 0) is 62.1 Å². The Morgan fingerprint density at radius 2 is 1.83 bits per heavy atom. The highest BCUT2D eigenvalue weighted by Crippen LogP contribution is 2.38. The Morgan fingerprint density at radius 1 is 1.17 bits per heavy atom. The van der Waals surface area contributed by atoms with Crippen LogP contribution in [0.3, 0.4) is 0 Å². The molecule has 1 atom stereocenters. The molecule has 0 radical (unpaired) electrons. The largest absolute Gasteiger partial charge is 0.465 e. The van der Waals surface area contributed by atoms with Crippen LogP contribution in [0.5, 0.6) is 0 Å². The van der Waals surface area contributed by atoms with Crippen LogP contribution in [0.15, 0.2) is 36.4 Å². The van der Waals surface area contributed by atoms with Gasteiger partial charge in [-0.1, -0.05) is 35.3 Å². The van der Waals surface area contributed by atoms with Gasteiger partial charge in [0.2, 0.25) is 0 Å². The molecule has 1 N–H and O–H groups in total. The second-order valence-electron chi connectivity index (χ2n) is 7.53. The van der Waals surface area contributed by atoms with Gasteiger partial charge in [-0.2, -0.15) is 0 Å². The lowest BCUT2D eigenvalue weighted by atomic mass is 9.84. The first kappa shape index (κ1) is 23.8. The lowest BCUT2D eigenvalue weighted by molar-refractivity contribution is 0.201. The predicted molar refractivity (Wildman–Crippen MR) is 122 cm³/mol. The van der Waals surface area contributed by atoms with E-state index in [4.69, 9.17) is 23.2 Å². The summed E-state index contributed by atoms with van der Waals surface area (Å²) in [5.74, 6) is 0.138.